The molecule has 3 N–H and O–H groups in total. The summed E-state index contributed by atoms with van der Waals surface area (Å²) >= 11 is 1.77. The molecular weight excluding hydrogens is 488 g/mol. The van der Waals surface area contributed by atoms with Crippen molar-refractivity contribution in [3.8, 4) is 5.75 Å². The molecule has 4 rings (SSSR count). The Labute approximate surface area is 208 Å². The number of sulfonamides is 1. The molecule has 1 aromatic heterocycles. The number of nitrogens with one attached hydrogen (secondary N) is 2. The first-order chi connectivity index (χ1) is 16.9. The largest absolute Gasteiger partial charge is 0.489 e. The molecule has 1 saturated heterocycles. The number of amides is 1. The van der Waals surface area contributed by atoms with E-state index in [0.717, 1.165) is 33.7 Å². The van der Waals surface area contributed by atoms with Gasteiger partial charge in [0.25, 0.3) is 5.91 Å². The molecule has 0 spiro atoms. The number of aryl methyl sites for hydroxylation is 1. The Morgan fingerprint density at radius 3 is 2.60 bits per heavy atom. The number of benzene rings is 2. The molecular formula is C24H28N4O5S2. The van der Waals surface area contributed by atoms with Crippen LogP contribution < -0.4 is 14.9 Å². The molecule has 2 heterocycles. The van der Waals surface area contributed by atoms with Crippen LogP contribution in [0, 0.1) is 6.92 Å². The molecule has 11 heteroatoms. The van der Waals surface area contributed by atoms with Gasteiger partial charge in [0.1, 0.15) is 18.4 Å². The van der Waals surface area contributed by atoms with Gasteiger partial charge in [-0.05, 0) is 43.3 Å². The summed E-state index contributed by atoms with van der Waals surface area (Å²) in [7, 11) is -3.86. The predicted molar refractivity (Wildman–Crippen MR) is 135 cm³/mol. The van der Waals surface area contributed by atoms with Gasteiger partial charge < -0.3 is 4.74 Å². The number of nitrogens with zero attached hydrogens (tertiary/aromatic N) is 2. The third-order valence-electron chi connectivity index (χ3n) is 5.82. The highest BCUT2D eigenvalue weighted by Crippen LogP contribution is 2.22. The van der Waals surface area contributed by atoms with Gasteiger partial charge in [0.05, 0.1) is 10.4 Å². The van der Waals surface area contributed by atoms with E-state index >= 15 is 0 Å². The second kappa shape index (κ2) is 11.4. The molecule has 1 aliphatic rings. The Morgan fingerprint density at radius 2 is 1.89 bits per heavy atom. The van der Waals surface area contributed by atoms with Crippen molar-refractivity contribution < 1.29 is 23.2 Å². The number of hydrogen-bond acceptors (Lipinski definition) is 8. The third kappa shape index (κ3) is 6.30. The maximum atomic E-state index is 12.8. The molecule has 186 valence electrons. The summed E-state index contributed by atoms with van der Waals surface area (Å²) in [5.41, 5.74) is 4.43. The minimum absolute atomic E-state index is 0.0624. The number of para-hydroxylation sites is 1. The van der Waals surface area contributed by atoms with Crippen LogP contribution in [0.15, 0.2) is 59.5 Å². The number of hydrogen-bond donors (Lipinski definition) is 3. The fourth-order valence-electron chi connectivity index (χ4n) is 4.01. The quantitative estimate of drug-likeness (QED) is 0.293. The molecule has 1 fully saturated rings. The van der Waals surface area contributed by atoms with Crippen LogP contribution in [-0.4, -0.2) is 66.6 Å². The standard InChI is InChI=1S/C24H28N4O5S2/c1-17-14-18(21-4-2-3-5-22(21)26-17)16-33-19-6-8-20(9-7-19)35(31,32)25-15-23(24(29)27-30)28-10-12-34-13-11-28/h2-9,14,23,25,30H,10-13,15-16H2,1H3,(H,27,29). The molecule has 0 radical (unpaired) electrons. The van der Waals surface area contributed by atoms with Gasteiger partial charge in [0.15, 0.2) is 0 Å². The van der Waals surface area contributed by atoms with Crippen molar-refractivity contribution in [2.24, 2.45) is 0 Å². The predicted octanol–water partition coefficient (Wildman–Crippen LogP) is 2.32. The molecule has 1 unspecified atom stereocenters. The first-order valence-corrected chi connectivity index (χ1v) is 13.8. The summed E-state index contributed by atoms with van der Waals surface area (Å²) in [4.78, 5) is 18.6. The summed E-state index contributed by atoms with van der Waals surface area (Å²) in [5, 5.41) is 10.1. The van der Waals surface area contributed by atoms with Crippen molar-refractivity contribution >= 4 is 38.6 Å². The second-order valence-electron chi connectivity index (χ2n) is 8.19. The zero-order valence-electron chi connectivity index (χ0n) is 19.3. The Bertz CT molecular complexity index is 1280. The van der Waals surface area contributed by atoms with Gasteiger partial charge in [-0.1, -0.05) is 18.2 Å². The Kier molecular flexibility index (Phi) is 8.24. The lowest BCUT2D eigenvalue weighted by molar-refractivity contribution is -0.134. The second-order valence-corrected chi connectivity index (χ2v) is 11.2. The minimum Gasteiger partial charge on any atom is -0.489 e. The molecule has 9 nitrogen and oxygen atoms in total. The van der Waals surface area contributed by atoms with Crippen LogP contribution in [-0.2, 0) is 21.4 Å². The molecule has 1 aliphatic heterocycles. The average molecular weight is 517 g/mol. The van der Waals surface area contributed by atoms with Crippen LogP contribution >= 0.6 is 11.8 Å². The zero-order valence-corrected chi connectivity index (χ0v) is 20.9. The lowest BCUT2D eigenvalue weighted by Crippen LogP contribution is -2.54. The first-order valence-electron chi connectivity index (χ1n) is 11.2. The van der Waals surface area contributed by atoms with E-state index in [1.165, 1.54) is 12.1 Å². The maximum absolute atomic E-state index is 12.8. The maximum Gasteiger partial charge on any atom is 0.262 e. The summed E-state index contributed by atoms with van der Waals surface area (Å²) in [5.74, 6) is 1.59. The third-order valence-corrected chi connectivity index (χ3v) is 8.21. The topological polar surface area (TPSA) is 121 Å². The molecule has 0 aliphatic carbocycles. The van der Waals surface area contributed by atoms with Gasteiger partial charge in [-0.25, -0.2) is 18.6 Å². The summed E-state index contributed by atoms with van der Waals surface area (Å²) in [6.07, 6.45) is 0. The lowest BCUT2D eigenvalue weighted by Gasteiger charge is -2.32. The Morgan fingerprint density at radius 1 is 1.17 bits per heavy atom. The highest BCUT2D eigenvalue weighted by molar-refractivity contribution is 7.99. The highest BCUT2D eigenvalue weighted by Gasteiger charge is 2.29. The summed E-state index contributed by atoms with van der Waals surface area (Å²) in [6, 6.07) is 15.2. The van der Waals surface area contributed by atoms with Crippen LogP contribution in [0.2, 0.25) is 0 Å². The number of aromatic nitrogens is 1. The van der Waals surface area contributed by atoms with E-state index in [2.05, 4.69) is 9.71 Å². The Hall–Kier alpha value is -2.70. The number of ether oxygens (including phenoxy) is 1. The van der Waals surface area contributed by atoms with E-state index in [-0.39, 0.29) is 11.4 Å². The zero-order chi connectivity index (χ0) is 24.8. The van der Waals surface area contributed by atoms with Crippen molar-refractivity contribution in [2.45, 2.75) is 24.5 Å². The van der Waals surface area contributed by atoms with Gasteiger partial charge in [-0.2, -0.15) is 11.8 Å². The van der Waals surface area contributed by atoms with E-state index in [9.17, 15) is 13.2 Å². The van der Waals surface area contributed by atoms with E-state index in [0.29, 0.717) is 25.4 Å². The van der Waals surface area contributed by atoms with Crippen molar-refractivity contribution in [1.29, 1.82) is 0 Å². The fraction of sp³-hybridized carbons (Fsp3) is 0.333. The summed E-state index contributed by atoms with van der Waals surface area (Å²) in [6.45, 7) is 3.39. The SMILES string of the molecule is Cc1cc(COc2ccc(S(=O)(=O)NCC(C(=O)NO)N3CCSCC3)cc2)c2ccccc2n1. The van der Waals surface area contributed by atoms with Gasteiger partial charge in [0, 0.05) is 47.8 Å². The minimum atomic E-state index is -3.86. The van der Waals surface area contributed by atoms with Gasteiger partial charge in [-0.3, -0.25) is 19.9 Å². The smallest absolute Gasteiger partial charge is 0.262 e. The van der Waals surface area contributed by atoms with E-state index in [1.807, 2.05) is 42.2 Å². The highest BCUT2D eigenvalue weighted by atomic mass is 32.2. The van der Waals surface area contributed by atoms with E-state index < -0.39 is 22.0 Å². The molecule has 3 aromatic rings. The van der Waals surface area contributed by atoms with Crippen LogP contribution in [0.1, 0.15) is 11.3 Å². The molecule has 0 bridgehead atoms. The number of fused-ring (bicyclic) bond motifs is 1. The van der Waals surface area contributed by atoms with Crippen LogP contribution in [0.4, 0.5) is 0 Å². The number of hydroxylamine groups is 1. The van der Waals surface area contributed by atoms with Crippen molar-refractivity contribution in [2.75, 3.05) is 31.1 Å². The number of thioether (sulfide) groups is 1. The number of rotatable bonds is 9. The molecule has 35 heavy (non-hydrogen) atoms. The van der Waals surface area contributed by atoms with Crippen LogP contribution in [0.3, 0.4) is 0 Å². The van der Waals surface area contributed by atoms with Crippen molar-refractivity contribution in [3.63, 3.8) is 0 Å². The van der Waals surface area contributed by atoms with Gasteiger partial charge >= 0.3 is 0 Å². The molecule has 1 atom stereocenters. The first kappa shape index (κ1) is 25.4. The number of carbonyl (C=O) groups excluding carboxylic acids is 1. The number of carbonyl (C=O) groups is 1. The molecule has 1 amide bonds. The van der Waals surface area contributed by atoms with Crippen molar-refractivity contribution in [3.05, 3.63) is 65.9 Å². The van der Waals surface area contributed by atoms with Crippen LogP contribution in [0.5, 0.6) is 5.75 Å². The average Bonchev–Trinajstić information content (AvgIpc) is 2.88. The Balaban J connectivity index is 1.41. The van der Waals surface area contributed by atoms with Crippen molar-refractivity contribution in [1.82, 2.24) is 20.1 Å². The van der Waals surface area contributed by atoms with Crippen LogP contribution in [0.25, 0.3) is 10.9 Å². The monoisotopic (exact) mass is 516 g/mol. The van der Waals surface area contributed by atoms with E-state index in [1.54, 1.807) is 29.4 Å². The fourth-order valence-corrected chi connectivity index (χ4v) is 5.98. The summed E-state index contributed by atoms with van der Waals surface area (Å²) < 4.78 is 34.1. The van der Waals surface area contributed by atoms with Gasteiger partial charge in [0.2, 0.25) is 10.0 Å². The normalized spacial score (nSPS) is 15.6. The van der Waals surface area contributed by atoms with E-state index in [4.69, 9.17) is 9.94 Å². The molecule has 2 aromatic carbocycles. The number of pyridine rings is 1. The lowest BCUT2D eigenvalue weighted by atomic mass is 10.1. The van der Waals surface area contributed by atoms with Gasteiger partial charge in [-0.15, -0.1) is 0 Å². The molecule has 0 saturated carbocycles.